The monoisotopic (exact) mass is 341 g/mol. The van der Waals surface area contributed by atoms with Crippen LogP contribution in [0.4, 0.5) is 0 Å². The molecule has 0 aliphatic rings. The Morgan fingerprint density at radius 3 is 2.36 bits per heavy atom. The number of nitrogens with one attached hydrogen (secondary N) is 1. The second kappa shape index (κ2) is 8.79. The fourth-order valence-corrected chi connectivity index (χ4v) is 3.06. The lowest BCUT2D eigenvalue weighted by Crippen LogP contribution is -2.12. The molecule has 120 valence electrons. The second-order valence-electron chi connectivity index (χ2n) is 4.49. The van der Waals surface area contributed by atoms with Gasteiger partial charge in [-0.15, -0.1) is 11.3 Å². The molecule has 0 atom stereocenters. The first kappa shape index (κ1) is 18.5. The largest absolute Gasteiger partial charge is 0.319 e. The van der Waals surface area contributed by atoms with Crippen LogP contribution in [-0.4, -0.2) is 32.3 Å². The Morgan fingerprint density at radius 2 is 1.91 bits per heavy atom. The van der Waals surface area contributed by atoms with Gasteiger partial charge in [0.05, 0.1) is 9.77 Å². The summed E-state index contributed by atoms with van der Waals surface area (Å²) < 4.78 is 29.9. The molecule has 0 saturated heterocycles. The molecule has 1 heterocycles. The number of hydrogen-bond donors (Lipinski definition) is 2. The van der Waals surface area contributed by atoms with E-state index in [0.29, 0.717) is 12.0 Å². The summed E-state index contributed by atoms with van der Waals surface area (Å²) in [6.07, 6.45) is 0.594. The van der Waals surface area contributed by atoms with E-state index in [1.54, 1.807) is 25.1 Å². The fraction of sp³-hybridized carbons (Fsp3) is 0.267. The molecule has 2 rings (SSSR count). The minimum absolute atomic E-state index is 0.0278. The highest BCUT2D eigenvalue weighted by molar-refractivity contribution is 7.85. The van der Waals surface area contributed by atoms with Crippen molar-refractivity contribution < 1.29 is 17.8 Å². The van der Waals surface area contributed by atoms with E-state index in [2.05, 4.69) is 5.32 Å². The number of aryl methyl sites for hydroxylation is 1. The normalized spacial score (nSPS) is 10.7. The van der Waals surface area contributed by atoms with E-state index < -0.39 is 10.1 Å². The first-order chi connectivity index (χ1) is 10.4. The van der Waals surface area contributed by atoms with Crippen LogP contribution >= 0.6 is 11.3 Å². The molecule has 0 amide bonds. The maximum absolute atomic E-state index is 11.2. The average molecular weight is 341 g/mol. The van der Waals surface area contributed by atoms with Gasteiger partial charge in [-0.25, -0.2) is 0 Å². The molecule has 0 aliphatic heterocycles. The molecule has 22 heavy (non-hydrogen) atoms. The summed E-state index contributed by atoms with van der Waals surface area (Å²) in [4.78, 5) is 12.1. The van der Waals surface area contributed by atoms with Crippen LogP contribution in [0.25, 0.3) is 0 Å². The number of carbonyl (C=O) groups is 1. The van der Waals surface area contributed by atoms with Gasteiger partial charge in [0.2, 0.25) is 0 Å². The van der Waals surface area contributed by atoms with Crippen molar-refractivity contribution in [1.29, 1.82) is 0 Å². The Morgan fingerprint density at radius 1 is 1.23 bits per heavy atom. The van der Waals surface area contributed by atoms with E-state index in [1.807, 2.05) is 24.6 Å². The summed E-state index contributed by atoms with van der Waals surface area (Å²) in [6, 6.07) is 10.0. The van der Waals surface area contributed by atoms with Crippen LogP contribution in [0.3, 0.4) is 0 Å². The highest BCUT2D eigenvalue weighted by Gasteiger charge is 2.10. The number of hydrogen-bond acceptors (Lipinski definition) is 5. The van der Waals surface area contributed by atoms with E-state index in [9.17, 15) is 13.2 Å². The van der Waals surface area contributed by atoms with Crippen LogP contribution in [0.15, 0.2) is 46.7 Å². The van der Waals surface area contributed by atoms with Crippen LogP contribution in [-0.2, 0) is 10.1 Å². The van der Waals surface area contributed by atoms with Gasteiger partial charge in [-0.1, -0.05) is 24.3 Å². The summed E-state index contributed by atoms with van der Waals surface area (Å²) in [5.74, 6) is 0.231. The van der Waals surface area contributed by atoms with Crippen molar-refractivity contribution in [3.63, 3.8) is 0 Å². The predicted octanol–water partition coefficient (Wildman–Crippen LogP) is 2.78. The van der Waals surface area contributed by atoms with Gasteiger partial charge in [0, 0.05) is 13.0 Å². The van der Waals surface area contributed by atoms with Crippen LogP contribution in [0.5, 0.6) is 0 Å². The van der Waals surface area contributed by atoms with Crippen molar-refractivity contribution in [1.82, 2.24) is 5.32 Å². The minimum atomic E-state index is -4.03. The van der Waals surface area contributed by atoms with Crippen LogP contribution in [0.1, 0.15) is 21.7 Å². The van der Waals surface area contributed by atoms with E-state index in [1.165, 1.54) is 17.4 Å². The maximum Gasteiger partial charge on any atom is 0.294 e. The van der Waals surface area contributed by atoms with Crippen LogP contribution in [0, 0.1) is 6.92 Å². The zero-order valence-corrected chi connectivity index (χ0v) is 14.1. The lowest BCUT2D eigenvalue weighted by molar-refractivity contribution is 0.0987. The molecule has 1 aromatic carbocycles. The molecule has 5 nitrogen and oxygen atoms in total. The zero-order valence-electron chi connectivity index (χ0n) is 12.4. The smallest absolute Gasteiger partial charge is 0.294 e. The lowest BCUT2D eigenvalue weighted by Gasteiger charge is -1.99. The van der Waals surface area contributed by atoms with E-state index in [4.69, 9.17) is 4.55 Å². The first-order valence-electron chi connectivity index (χ1n) is 6.60. The summed E-state index contributed by atoms with van der Waals surface area (Å²) in [5.41, 5.74) is 0.551. The summed E-state index contributed by atoms with van der Waals surface area (Å²) in [6.45, 7) is 2.39. The van der Waals surface area contributed by atoms with Crippen molar-refractivity contribution in [3.8, 4) is 0 Å². The van der Waals surface area contributed by atoms with Crippen molar-refractivity contribution in [3.05, 3.63) is 52.2 Å². The van der Waals surface area contributed by atoms with Crippen molar-refractivity contribution >= 4 is 27.2 Å². The van der Waals surface area contributed by atoms with Crippen LogP contribution < -0.4 is 5.32 Å². The van der Waals surface area contributed by atoms with Crippen molar-refractivity contribution in [2.45, 2.75) is 18.2 Å². The molecule has 0 radical (unpaired) electrons. The van der Waals surface area contributed by atoms with Gasteiger partial charge in [-0.2, -0.15) is 8.42 Å². The molecule has 2 N–H and O–H groups in total. The Bertz CT molecular complexity index is 694. The molecular formula is C15H19NO4S2. The van der Waals surface area contributed by atoms with Crippen molar-refractivity contribution in [2.24, 2.45) is 0 Å². The van der Waals surface area contributed by atoms with Gasteiger partial charge >= 0.3 is 0 Å². The maximum atomic E-state index is 11.2. The Kier molecular flexibility index (Phi) is 7.40. The lowest BCUT2D eigenvalue weighted by atomic mass is 10.2. The zero-order chi connectivity index (χ0) is 16.6. The second-order valence-corrected chi connectivity index (χ2v) is 6.83. The molecule has 0 bridgehead atoms. The van der Waals surface area contributed by atoms with Gasteiger partial charge in [0.25, 0.3) is 10.1 Å². The van der Waals surface area contributed by atoms with Gasteiger partial charge in [0.15, 0.2) is 5.78 Å². The third-order valence-corrected chi connectivity index (χ3v) is 4.69. The minimum Gasteiger partial charge on any atom is -0.319 e. The molecule has 1 aromatic heterocycles. The number of rotatable bonds is 5. The standard InChI is InChI=1S/C8H11NOS.C7H8O3S/c1-9-5-4-7(10)8-3-2-6-11-8;1-6-4-2-3-5-7(6)11(8,9)10/h2-3,6,9H,4-5H2,1H3;2-5H,1H3,(H,8,9,10). The third-order valence-electron chi connectivity index (χ3n) is 2.77. The number of benzene rings is 1. The van der Waals surface area contributed by atoms with Gasteiger partial charge < -0.3 is 5.32 Å². The van der Waals surface area contributed by atoms with Gasteiger partial charge in [-0.3, -0.25) is 9.35 Å². The Hall–Kier alpha value is -1.54. The van der Waals surface area contributed by atoms with Gasteiger partial charge in [-0.05, 0) is 37.0 Å². The molecule has 2 aromatic rings. The quantitative estimate of drug-likeness (QED) is 0.645. The number of thiophene rings is 1. The molecular weight excluding hydrogens is 322 g/mol. The van der Waals surface area contributed by atoms with Crippen LogP contribution in [0.2, 0.25) is 0 Å². The molecule has 0 aliphatic carbocycles. The van der Waals surface area contributed by atoms with E-state index >= 15 is 0 Å². The molecule has 0 saturated carbocycles. The highest BCUT2D eigenvalue weighted by Crippen LogP contribution is 2.12. The molecule has 0 spiro atoms. The fourth-order valence-electron chi connectivity index (χ4n) is 1.64. The predicted molar refractivity (Wildman–Crippen MR) is 88.2 cm³/mol. The molecule has 0 fully saturated rings. The Labute approximate surface area is 134 Å². The Balaban J connectivity index is 0.000000220. The van der Waals surface area contributed by atoms with Gasteiger partial charge in [0.1, 0.15) is 0 Å². The summed E-state index contributed by atoms with van der Waals surface area (Å²) in [7, 11) is -2.18. The van der Waals surface area contributed by atoms with E-state index in [0.717, 1.165) is 11.4 Å². The number of Topliss-reactive ketones (excluding diaryl/α,β-unsaturated/α-hetero) is 1. The first-order valence-corrected chi connectivity index (χ1v) is 8.92. The topological polar surface area (TPSA) is 83.5 Å². The summed E-state index contributed by atoms with van der Waals surface area (Å²) >= 11 is 1.50. The molecule has 7 heteroatoms. The highest BCUT2D eigenvalue weighted by atomic mass is 32.2. The number of carbonyl (C=O) groups excluding carboxylic acids is 1. The summed E-state index contributed by atoms with van der Waals surface area (Å²) in [5, 5.41) is 4.87. The molecule has 0 unspecified atom stereocenters. The van der Waals surface area contributed by atoms with Crippen molar-refractivity contribution in [2.75, 3.05) is 13.6 Å². The SMILES string of the molecule is CNCCC(=O)c1cccs1.Cc1ccccc1S(=O)(=O)O. The van der Waals surface area contributed by atoms with E-state index in [-0.39, 0.29) is 10.7 Å². The number of ketones is 1. The average Bonchev–Trinajstić information content (AvgIpc) is 2.99. The third kappa shape index (κ3) is 6.07.